The summed E-state index contributed by atoms with van der Waals surface area (Å²) in [6, 6.07) is 4.09. The highest BCUT2D eigenvalue weighted by atomic mass is 32.2. The van der Waals surface area contributed by atoms with Crippen molar-refractivity contribution in [2.24, 2.45) is 5.92 Å². The van der Waals surface area contributed by atoms with Crippen LogP contribution in [0.5, 0.6) is 0 Å². The third-order valence-electron chi connectivity index (χ3n) is 2.33. The third kappa shape index (κ3) is 3.03. The van der Waals surface area contributed by atoms with Gasteiger partial charge in [0.25, 0.3) is 0 Å². The zero-order valence-corrected chi connectivity index (χ0v) is 10.7. The van der Waals surface area contributed by atoms with E-state index in [1.54, 1.807) is 0 Å². The van der Waals surface area contributed by atoms with Crippen molar-refractivity contribution in [1.82, 2.24) is 4.31 Å². The first-order valence-corrected chi connectivity index (χ1v) is 6.54. The van der Waals surface area contributed by atoms with Gasteiger partial charge in [-0.15, -0.1) is 0 Å². The smallest absolute Gasteiger partial charge is 0.207 e. The van der Waals surface area contributed by atoms with Crippen LogP contribution in [0.3, 0.4) is 0 Å². The number of nitriles is 1. The zero-order valence-electron chi connectivity index (χ0n) is 9.89. The molecule has 1 unspecified atom stereocenters. The first-order valence-electron chi connectivity index (χ1n) is 5.10. The summed E-state index contributed by atoms with van der Waals surface area (Å²) >= 11 is 0. The number of sulfonamides is 1. The quantitative estimate of drug-likeness (QED) is 0.840. The Bertz CT molecular complexity index is 581. The Kier molecular flexibility index (Phi) is 4.38. The molecule has 1 atom stereocenters. The van der Waals surface area contributed by atoms with Crippen molar-refractivity contribution in [3.8, 4) is 6.07 Å². The van der Waals surface area contributed by atoms with Crippen molar-refractivity contribution in [1.29, 1.82) is 5.26 Å². The number of nitrogens with zero attached hydrogens (tertiary/aromatic N) is 2. The minimum Gasteiger partial charge on any atom is -0.207 e. The second-order valence-corrected chi connectivity index (χ2v) is 5.90. The molecule has 0 fully saturated rings. The van der Waals surface area contributed by atoms with Crippen LogP contribution in [-0.2, 0) is 10.0 Å². The lowest BCUT2D eigenvalue weighted by atomic mass is 10.2. The highest BCUT2D eigenvalue weighted by molar-refractivity contribution is 7.89. The molecule has 0 amide bonds. The molecule has 0 aliphatic heterocycles. The molecule has 0 heterocycles. The summed E-state index contributed by atoms with van der Waals surface area (Å²) in [5.74, 6) is -2.40. The van der Waals surface area contributed by atoms with Crippen molar-refractivity contribution >= 4 is 10.0 Å². The Morgan fingerprint density at radius 2 is 2.06 bits per heavy atom. The molecule has 7 heteroatoms. The van der Waals surface area contributed by atoms with Crippen LogP contribution in [0.2, 0.25) is 0 Å². The fourth-order valence-electron chi connectivity index (χ4n) is 1.37. The number of benzene rings is 1. The number of hydrogen-bond acceptors (Lipinski definition) is 3. The highest BCUT2D eigenvalue weighted by Gasteiger charge is 2.26. The van der Waals surface area contributed by atoms with Gasteiger partial charge in [0.05, 0.1) is 12.0 Å². The number of hydrogen-bond donors (Lipinski definition) is 0. The monoisotopic (exact) mass is 274 g/mol. The van der Waals surface area contributed by atoms with E-state index >= 15 is 0 Å². The molecule has 1 rings (SSSR count). The fourth-order valence-corrected chi connectivity index (χ4v) is 2.70. The van der Waals surface area contributed by atoms with E-state index in [1.165, 1.54) is 14.0 Å². The molecule has 0 saturated heterocycles. The van der Waals surface area contributed by atoms with E-state index in [4.69, 9.17) is 5.26 Å². The maximum Gasteiger partial charge on any atom is 0.245 e. The van der Waals surface area contributed by atoms with E-state index in [-0.39, 0.29) is 6.54 Å². The molecule has 0 aliphatic carbocycles. The van der Waals surface area contributed by atoms with Gasteiger partial charge < -0.3 is 0 Å². The van der Waals surface area contributed by atoms with Gasteiger partial charge in [0.1, 0.15) is 16.5 Å². The normalized spacial score (nSPS) is 13.3. The Hall–Kier alpha value is -1.52. The summed E-state index contributed by atoms with van der Waals surface area (Å²) in [7, 11) is -2.91. The molecule has 0 aliphatic rings. The standard InChI is InChI=1S/C11H12F2N2O2S/c1-8(6-14)7-15(2)18(16,17)11-5-9(12)3-4-10(11)13/h3-5,8H,7H2,1-2H3. The minimum atomic E-state index is -4.13. The average Bonchev–Trinajstić information content (AvgIpc) is 2.31. The van der Waals surface area contributed by atoms with E-state index in [2.05, 4.69) is 0 Å². The van der Waals surface area contributed by atoms with Gasteiger partial charge in [-0.1, -0.05) is 0 Å². The first-order chi connectivity index (χ1) is 8.28. The molecule has 0 aromatic heterocycles. The van der Waals surface area contributed by atoms with Crippen LogP contribution in [0.4, 0.5) is 8.78 Å². The van der Waals surface area contributed by atoms with Gasteiger partial charge in [0.15, 0.2) is 0 Å². The molecule has 18 heavy (non-hydrogen) atoms. The maximum atomic E-state index is 13.4. The molecular formula is C11H12F2N2O2S. The van der Waals surface area contributed by atoms with Gasteiger partial charge in [-0.2, -0.15) is 9.57 Å². The summed E-state index contributed by atoms with van der Waals surface area (Å²) in [6.45, 7) is 1.45. The molecule has 98 valence electrons. The van der Waals surface area contributed by atoms with Crippen molar-refractivity contribution in [2.75, 3.05) is 13.6 Å². The molecular weight excluding hydrogens is 262 g/mol. The number of halogens is 2. The Balaban J connectivity index is 3.14. The second-order valence-electron chi connectivity index (χ2n) is 3.89. The molecule has 4 nitrogen and oxygen atoms in total. The summed E-state index contributed by atoms with van der Waals surface area (Å²) < 4.78 is 51.1. The van der Waals surface area contributed by atoms with E-state index in [1.807, 2.05) is 6.07 Å². The summed E-state index contributed by atoms with van der Waals surface area (Å²) in [4.78, 5) is -0.727. The van der Waals surface area contributed by atoms with Crippen molar-refractivity contribution in [2.45, 2.75) is 11.8 Å². The lowest BCUT2D eigenvalue weighted by Crippen LogP contribution is -2.31. The van der Waals surface area contributed by atoms with Gasteiger partial charge >= 0.3 is 0 Å². The van der Waals surface area contributed by atoms with Crippen molar-refractivity contribution in [3.05, 3.63) is 29.8 Å². The molecule has 1 aromatic rings. The van der Waals surface area contributed by atoms with Gasteiger partial charge in [-0.05, 0) is 25.1 Å². The van der Waals surface area contributed by atoms with E-state index in [9.17, 15) is 17.2 Å². The van der Waals surface area contributed by atoms with Crippen LogP contribution in [-0.4, -0.2) is 26.3 Å². The predicted molar refractivity (Wildman–Crippen MR) is 61.0 cm³/mol. The molecule has 0 radical (unpaired) electrons. The van der Waals surface area contributed by atoms with Gasteiger partial charge in [-0.3, -0.25) is 0 Å². The van der Waals surface area contributed by atoms with Crippen LogP contribution < -0.4 is 0 Å². The summed E-state index contributed by atoms with van der Waals surface area (Å²) in [6.07, 6.45) is 0. The van der Waals surface area contributed by atoms with Gasteiger partial charge in [0.2, 0.25) is 10.0 Å². The van der Waals surface area contributed by atoms with Crippen LogP contribution in [0.15, 0.2) is 23.1 Å². The van der Waals surface area contributed by atoms with Gasteiger partial charge in [0, 0.05) is 13.6 Å². The van der Waals surface area contributed by atoms with E-state index in [0.29, 0.717) is 6.07 Å². The zero-order chi connectivity index (χ0) is 13.9. The van der Waals surface area contributed by atoms with Crippen molar-refractivity contribution in [3.63, 3.8) is 0 Å². The molecule has 0 bridgehead atoms. The molecule has 0 spiro atoms. The largest absolute Gasteiger partial charge is 0.245 e. The highest BCUT2D eigenvalue weighted by Crippen LogP contribution is 2.20. The second kappa shape index (κ2) is 5.42. The maximum absolute atomic E-state index is 13.4. The lowest BCUT2D eigenvalue weighted by Gasteiger charge is -2.18. The summed E-state index contributed by atoms with van der Waals surface area (Å²) in [5.41, 5.74) is 0. The Morgan fingerprint density at radius 1 is 1.44 bits per heavy atom. The predicted octanol–water partition coefficient (Wildman–Crippen LogP) is 1.74. The van der Waals surface area contributed by atoms with Crippen LogP contribution in [0.1, 0.15) is 6.92 Å². The first kappa shape index (κ1) is 14.5. The van der Waals surface area contributed by atoms with Crippen LogP contribution >= 0.6 is 0 Å². The third-order valence-corrected chi connectivity index (χ3v) is 4.17. The number of rotatable bonds is 4. The van der Waals surface area contributed by atoms with Crippen LogP contribution in [0.25, 0.3) is 0 Å². The SMILES string of the molecule is CC(C#N)CN(C)S(=O)(=O)c1cc(F)ccc1F. The molecule has 0 N–H and O–H groups in total. The van der Waals surface area contributed by atoms with Crippen molar-refractivity contribution < 1.29 is 17.2 Å². The Labute approximate surface area is 105 Å². The topological polar surface area (TPSA) is 61.2 Å². The minimum absolute atomic E-state index is 0.0885. The van der Waals surface area contributed by atoms with Crippen LogP contribution in [0, 0.1) is 28.9 Å². The molecule has 1 aromatic carbocycles. The lowest BCUT2D eigenvalue weighted by molar-refractivity contribution is 0.433. The van der Waals surface area contributed by atoms with E-state index < -0.39 is 32.5 Å². The fraction of sp³-hybridized carbons (Fsp3) is 0.364. The molecule has 0 saturated carbocycles. The Morgan fingerprint density at radius 3 is 2.61 bits per heavy atom. The van der Waals surface area contributed by atoms with E-state index in [0.717, 1.165) is 16.4 Å². The average molecular weight is 274 g/mol. The summed E-state index contributed by atoms with van der Waals surface area (Å²) in [5, 5.41) is 8.61. The van der Waals surface area contributed by atoms with Gasteiger partial charge in [-0.25, -0.2) is 17.2 Å².